The Morgan fingerprint density at radius 2 is 2.00 bits per heavy atom. The van der Waals surface area contributed by atoms with Crippen LogP contribution in [-0.2, 0) is 0 Å². The number of rotatable bonds is 3. The Bertz CT molecular complexity index is 170. The fourth-order valence-corrected chi connectivity index (χ4v) is 2.53. The first kappa shape index (κ1) is 9.51. The second-order valence-corrected chi connectivity index (χ2v) is 5.81. The minimum absolute atomic E-state index is 0.597. The van der Waals surface area contributed by atoms with Crippen molar-refractivity contribution in [1.82, 2.24) is 5.32 Å². The molecule has 0 spiro atoms. The van der Waals surface area contributed by atoms with Gasteiger partial charge < -0.3 is 5.32 Å². The molecule has 2 rings (SSSR count). The fraction of sp³-hybridized carbons (Fsp3) is 1.00. The van der Waals surface area contributed by atoms with E-state index in [2.05, 4.69) is 19.2 Å². The first-order valence-corrected chi connectivity index (χ1v) is 5.89. The summed E-state index contributed by atoms with van der Waals surface area (Å²) in [6, 6.07) is 0.823. The van der Waals surface area contributed by atoms with Crippen LogP contribution < -0.4 is 5.32 Å². The highest BCUT2D eigenvalue weighted by Gasteiger charge is 2.29. The molecule has 13 heavy (non-hydrogen) atoms. The molecule has 2 aliphatic carbocycles. The summed E-state index contributed by atoms with van der Waals surface area (Å²) in [6.07, 6.45) is 8.60. The molecule has 0 amide bonds. The van der Waals surface area contributed by atoms with Gasteiger partial charge in [0.2, 0.25) is 0 Å². The Morgan fingerprint density at radius 3 is 2.62 bits per heavy atom. The lowest BCUT2D eigenvalue weighted by Crippen LogP contribution is -2.38. The van der Waals surface area contributed by atoms with Gasteiger partial charge in [-0.25, -0.2) is 0 Å². The summed E-state index contributed by atoms with van der Waals surface area (Å²) in [4.78, 5) is 0. The van der Waals surface area contributed by atoms with E-state index in [9.17, 15) is 0 Å². The maximum atomic E-state index is 3.74. The van der Waals surface area contributed by atoms with Crippen molar-refractivity contribution in [3.8, 4) is 0 Å². The molecule has 1 N–H and O–H groups in total. The molecule has 2 aliphatic rings. The normalized spacial score (nSPS) is 33.2. The van der Waals surface area contributed by atoms with E-state index in [-0.39, 0.29) is 0 Å². The monoisotopic (exact) mass is 181 g/mol. The lowest BCUT2D eigenvalue weighted by Gasteiger charge is -2.35. The van der Waals surface area contributed by atoms with Crippen LogP contribution in [0.15, 0.2) is 0 Å². The van der Waals surface area contributed by atoms with Gasteiger partial charge in [-0.2, -0.15) is 0 Å². The SMILES string of the molecule is CC1(C)CCC[C@H](NCC2CC2)C1. The minimum atomic E-state index is 0.597. The molecule has 0 bridgehead atoms. The van der Waals surface area contributed by atoms with Gasteiger partial charge in [-0.3, -0.25) is 0 Å². The summed E-state index contributed by atoms with van der Waals surface area (Å²) in [5, 5.41) is 3.74. The van der Waals surface area contributed by atoms with Crippen molar-refractivity contribution >= 4 is 0 Å². The van der Waals surface area contributed by atoms with Crippen molar-refractivity contribution < 1.29 is 0 Å². The van der Waals surface area contributed by atoms with Crippen LogP contribution in [0.5, 0.6) is 0 Å². The van der Waals surface area contributed by atoms with Crippen LogP contribution in [-0.4, -0.2) is 12.6 Å². The Hall–Kier alpha value is -0.0400. The Morgan fingerprint density at radius 1 is 1.23 bits per heavy atom. The summed E-state index contributed by atoms with van der Waals surface area (Å²) in [6.45, 7) is 6.12. The topological polar surface area (TPSA) is 12.0 Å². The van der Waals surface area contributed by atoms with Crippen LogP contribution in [0, 0.1) is 11.3 Å². The van der Waals surface area contributed by atoms with Gasteiger partial charge in [0.15, 0.2) is 0 Å². The van der Waals surface area contributed by atoms with E-state index in [4.69, 9.17) is 0 Å². The smallest absolute Gasteiger partial charge is 0.00722 e. The molecular weight excluding hydrogens is 158 g/mol. The van der Waals surface area contributed by atoms with Crippen LogP contribution in [0.3, 0.4) is 0 Å². The van der Waals surface area contributed by atoms with Gasteiger partial charge in [0.1, 0.15) is 0 Å². The maximum Gasteiger partial charge on any atom is 0.00722 e. The quantitative estimate of drug-likeness (QED) is 0.706. The lowest BCUT2D eigenvalue weighted by molar-refractivity contribution is 0.198. The summed E-state index contributed by atoms with van der Waals surface area (Å²) < 4.78 is 0. The molecule has 2 saturated carbocycles. The zero-order valence-electron chi connectivity index (χ0n) is 9.10. The van der Waals surface area contributed by atoms with Crippen LogP contribution in [0.2, 0.25) is 0 Å². The summed E-state index contributed by atoms with van der Waals surface area (Å²) in [5.74, 6) is 1.03. The third-order valence-electron chi connectivity index (χ3n) is 3.60. The van der Waals surface area contributed by atoms with Gasteiger partial charge in [-0.05, 0) is 50.0 Å². The molecule has 0 unspecified atom stereocenters. The highest BCUT2D eigenvalue weighted by atomic mass is 14.9. The average Bonchev–Trinajstić information content (AvgIpc) is 2.82. The van der Waals surface area contributed by atoms with E-state index in [1.165, 1.54) is 45.1 Å². The van der Waals surface area contributed by atoms with E-state index >= 15 is 0 Å². The van der Waals surface area contributed by atoms with Crippen LogP contribution in [0.4, 0.5) is 0 Å². The molecule has 0 radical (unpaired) electrons. The Kier molecular flexibility index (Phi) is 2.64. The zero-order valence-corrected chi connectivity index (χ0v) is 9.10. The van der Waals surface area contributed by atoms with Crippen LogP contribution >= 0.6 is 0 Å². The van der Waals surface area contributed by atoms with Crippen molar-refractivity contribution in [2.24, 2.45) is 11.3 Å². The van der Waals surface area contributed by atoms with Crippen LogP contribution in [0.25, 0.3) is 0 Å². The molecular formula is C12H23N. The fourth-order valence-electron chi connectivity index (χ4n) is 2.53. The lowest BCUT2D eigenvalue weighted by atomic mass is 9.75. The van der Waals surface area contributed by atoms with Gasteiger partial charge in [-0.15, -0.1) is 0 Å². The van der Waals surface area contributed by atoms with E-state index in [0.717, 1.165) is 12.0 Å². The first-order valence-electron chi connectivity index (χ1n) is 5.89. The van der Waals surface area contributed by atoms with E-state index < -0.39 is 0 Å². The van der Waals surface area contributed by atoms with E-state index in [1.807, 2.05) is 0 Å². The van der Waals surface area contributed by atoms with Gasteiger partial charge in [0.05, 0.1) is 0 Å². The number of hydrogen-bond donors (Lipinski definition) is 1. The second kappa shape index (κ2) is 3.61. The minimum Gasteiger partial charge on any atom is -0.314 e. The molecule has 0 saturated heterocycles. The van der Waals surface area contributed by atoms with Crippen molar-refractivity contribution in [3.05, 3.63) is 0 Å². The van der Waals surface area contributed by atoms with Gasteiger partial charge >= 0.3 is 0 Å². The molecule has 1 atom stereocenters. The largest absolute Gasteiger partial charge is 0.314 e. The summed E-state index contributed by atoms with van der Waals surface area (Å²) >= 11 is 0. The van der Waals surface area contributed by atoms with Gasteiger partial charge in [-0.1, -0.05) is 20.3 Å². The summed E-state index contributed by atoms with van der Waals surface area (Å²) in [7, 11) is 0. The molecule has 0 aromatic rings. The van der Waals surface area contributed by atoms with Crippen LogP contribution in [0.1, 0.15) is 52.4 Å². The Labute approximate surface area is 82.3 Å². The molecule has 0 aromatic carbocycles. The molecule has 0 aliphatic heterocycles. The van der Waals surface area contributed by atoms with Crippen molar-refractivity contribution in [3.63, 3.8) is 0 Å². The maximum absolute atomic E-state index is 3.74. The van der Waals surface area contributed by atoms with Crippen molar-refractivity contribution in [2.75, 3.05) is 6.54 Å². The highest BCUT2D eigenvalue weighted by Crippen LogP contribution is 2.35. The van der Waals surface area contributed by atoms with Crippen molar-refractivity contribution in [1.29, 1.82) is 0 Å². The molecule has 76 valence electrons. The number of hydrogen-bond acceptors (Lipinski definition) is 1. The molecule has 0 heterocycles. The van der Waals surface area contributed by atoms with E-state index in [1.54, 1.807) is 0 Å². The summed E-state index contributed by atoms with van der Waals surface area (Å²) in [5.41, 5.74) is 0.597. The molecule has 0 aromatic heterocycles. The third kappa shape index (κ3) is 2.98. The van der Waals surface area contributed by atoms with Crippen molar-refractivity contribution in [2.45, 2.75) is 58.4 Å². The third-order valence-corrected chi connectivity index (χ3v) is 3.60. The van der Waals surface area contributed by atoms with Gasteiger partial charge in [0.25, 0.3) is 0 Å². The average molecular weight is 181 g/mol. The Balaban J connectivity index is 1.71. The second-order valence-electron chi connectivity index (χ2n) is 5.81. The highest BCUT2D eigenvalue weighted by molar-refractivity contribution is 4.85. The zero-order chi connectivity index (χ0) is 9.31. The predicted molar refractivity (Wildman–Crippen MR) is 56.8 cm³/mol. The molecule has 1 nitrogen and oxygen atoms in total. The van der Waals surface area contributed by atoms with Gasteiger partial charge in [0, 0.05) is 6.04 Å². The standard InChI is InChI=1S/C12H23N/c1-12(2)7-3-4-11(8-12)13-9-10-5-6-10/h10-11,13H,3-9H2,1-2H3/t11-/m0/s1. The molecule has 1 heteroatoms. The number of nitrogens with one attached hydrogen (secondary N) is 1. The first-order chi connectivity index (χ1) is 6.16. The molecule has 2 fully saturated rings. The van der Waals surface area contributed by atoms with E-state index in [0.29, 0.717) is 5.41 Å². The predicted octanol–water partition coefficient (Wildman–Crippen LogP) is 2.95.